The lowest BCUT2D eigenvalue weighted by atomic mass is 9.77. The van der Waals surface area contributed by atoms with Gasteiger partial charge >= 0.3 is 5.97 Å². The summed E-state index contributed by atoms with van der Waals surface area (Å²) >= 11 is 6.34. The molecule has 2 fully saturated rings. The van der Waals surface area contributed by atoms with E-state index in [1.165, 1.54) is 30.3 Å². The van der Waals surface area contributed by atoms with Gasteiger partial charge in [0.1, 0.15) is 0 Å². The number of nitrogens with zero attached hydrogens (tertiary/aromatic N) is 1. The van der Waals surface area contributed by atoms with Crippen molar-refractivity contribution < 1.29 is 33.4 Å². The lowest BCUT2D eigenvalue weighted by molar-refractivity contribution is -0.127. The van der Waals surface area contributed by atoms with E-state index < -0.39 is 52.9 Å². The van der Waals surface area contributed by atoms with E-state index >= 15 is 0 Å². The summed E-state index contributed by atoms with van der Waals surface area (Å²) in [5.41, 5.74) is -1.02. The zero-order valence-corrected chi connectivity index (χ0v) is 20.8. The Morgan fingerprint density at radius 3 is 2.11 bits per heavy atom. The van der Waals surface area contributed by atoms with Gasteiger partial charge in [-0.1, -0.05) is 60.1 Å². The van der Waals surface area contributed by atoms with Crippen molar-refractivity contribution in [1.29, 1.82) is 0 Å². The van der Waals surface area contributed by atoms with E-state index in [9.17, 15) is 24.0 Å². The van der Waals surface area contributed by atoms with Crippen LogP contribution in [0.4, 0.5) is 5.69 Å². The first-order chi connectivity index (χ1) is 18.3. The summed E-state index contributed by atoms with van der Waals surface area (Å²) in [6.07, 6.45) is -1.11. The molecule has 0 N–H and O–H groups in total. The van der Waals surface area contributed by atoms with Gasteiger partial charge in [-0.25, -0.2) is 9.69 Å². The van der Waals surface area contributed by atoms with Gasteiger partial charge in [-0.15, -0.1) is 0 Å². The van der Waals surface area contributed by atoms with Gasteiger partial charge in [0.25, 0.3) is 0 Å². The summed E-state index contributed by atoms with van der Waals surface area (Å²) in [4.78, 5) is 68.6. The second-order valence-corrected chi connectivity index (χ2v) is 9.69. The summed E-state index contributed by atoms with van der Waals surface area (Å²) in [7, 11) is 0. The minimum atomic E-state index is -2.19. The van der Waals surface area contributed by atoms with Crippen LogP contribution in [0.1, 0.15) is 49.7 Å². The largest absolute Gasteiger partial charge is 0.462 e. The molecule has 38 heavy (non-hydrogen) atoms. The molecule has 1 spiro atoms. The van der Waals surface area contributed by atoms with Crippen LogP contribution in [-0.4, -0.2) is 41.6 Å². The topological polar surface area (TPSA) is 107 Å². The normalized spacial score (nSPS) is 23.2. The summed E-state index contributed by atoms with van der Waals surface area (Å²) in [5, 5.41) is 0.173. The number of fused-ring (bicyclic) bond motifs is 3. The number of esters is 1. The number of ketones is 2. The first-order valence-corrected chi connectivity index (χ1v) is 12.4. The van der Waals surface area contributed by atoms with Crippen LogP contribution in [0.2, 0.25) is 5.02 Å². The van der Waals surface area contributed by atoms with Gasteiger partial charge in [-0.05, 0) is 36.8 Å². The van der Waals surface area contributed by atoms with Crippen LogP contribution in [0.25, 0.3) is 0 Å². The molecule has 3 atom stereocenters. The van der Waals surface area contributed by atoms with E-state index in [0.29, 0.717) is 5.56 Å². The Morgan fingerprint density at radius 1 is 0.895 bits per heavy atom. The number of halogens is 1. The van der Waals surface area contributed by atoms with Crippen LogP contribution in [-0.2, 0) is 19.1 Å². The fourth-order valence-corrected chi connectivity index (χ4v) is 5.93. The third kappa shape index (κ3) is 3.17. The summed E-state index contributed by atoms with van der Waals surface area (Å²) in [6.45, 7) is 1.90. The molecule has 9 heteroatoms. The van der Waals surface area contributed by atoms with Crippen LogP contribution in [0.5, 0.6) is 0 Å². The number of carbonyl (C=O) groups excluding carboxylic acids is 5. The van der Waals surface area contributed by atoms with Crippen molar-refractivity contribution in [2.45, 2.75) is 18.6 Å². The highest BCUT2D eigenvalue weighted by Gasteiger charge is 2.74. The van der Waals surface area contributed by atoms with Crippen molar-refractivity contribution in [2.24, 2.45) is 11.8 Å². The Balaban J connectivity index is 1.50. The maximum Gasteiger partial charge on any atom is 0.338 e. The van der Waals surface area contributed by atoms with Crippen molar-refractivity contribution >= 4 is 46.6 Å². The molecule has 3 aliphatic rings. The maximum atomic E-state index is 13.9. The minimum Gasteiger partial charge on any atom is -0.462 e. The number of hydrogen-bond acceptors (Lipinski definition) is 7. The maximum absolute atomic E-state index is 13.9. The van der Waals surface area contributed by atoms with Gasteiger partial charge in [0.05, 0.1) is 40.8 Å². The Morgan fingerprint density at radius 2 is 1.50 bits per heavy atom. The molecule has 190 valence electrons. The van der Waals surface area contributed by atoms with Crippen molar-refractivity contribution in [3.05, 3.63) is 100 Å². The van der Waals surface area contributed by atoms with Crippen molar-refractivity contribution in [1.82, 2.24) is 0 Å². The van der Waals surface area contributed by atoms with E-state index in [-0.39, 0.29) is 34.0 Å². The van der Waals surface area contributed by atoms with Crippen molar-refractivity contribution in [3.8, 4) is 0 Å². The second kappa shape index (κ2) is 8.72. The number of imide groups is 1. The quantitative estimate of drug-likeness (QED) is 0.283. The molecule has 2 amide bonds. The van der Waals surface area contributed by atoms with Crippen LogP contribution in [0.3, 0.4) is 0 Å². The Kier molecular flexibility index (Phi) is 5.55. The van der Waals surface area contributed by atoms with Crippen LogP contribution in [0.15, 0.2) is 72.8 Å². The lowest BCUT2D eigenvalue weighted by Gasteiger charge is -2.27. The number of benzene rings is 3. The number of amides is 2. The van der Waals surface area contributed by atoms with Gasteiger partial charge in [-0.3, -0.25) is 19.2 Å². The van der Waals surface area contributed by atoms with Gasteiger partial charge in [0.15, 0.2) is 0 Å². The molecule has 0 unspecified atom stereocenters. The Bertz CT molecular complexity index is 1510. The van der Waals surface area contributed by atoms with Crippen LogP contribution in [0, 0.1) is 11.8 Å². The number of carbonyl (C=O) groups is 5. The lowest BCUT2D eigenvalue weighted by Crippen LogP contribution is -2.51. The van der Waals surface area contributed by atoms with Gasteiger partial charge in [0, 0.05) is 11.1 Å². The highest BCUT2D eigenvalue weighted by atomic mass is 35.5. The summed E-state index contributed by atoms with van der Waals surface area (Å²) < 4.78 is 11.3. The van der Waals surface area contributed by atoms with Crippen LogP contribution < -0.4 is 4.90 Å². The molecule has 2 saturated heterocycles. The smallest absolute Gasteiger partial charge is 0.338 e. The van der Waals surface area contributed by atoms with E-state index in [1.54, 1.807) is 49.4 Å². The predicted molar refractivity (Wildman–Crippen MR) is 135 cm³/mol. The molecule has 6 rings (SSSR count). The third-order valence-electron chi connectivity index (χ3n) is 7.36. The molecule has 0 radical (unpaired) electrons. The number of rotatable bonds is 4. The second-order valence-electron chi connectivity index (χ2n) is 9.29. The molecule has 8 nitrogen and oxygen atoms in total. The minimum absolute atomic E-state index is 0.144. The fraction of sp³-hybridized carbons (Fsp3) is 0.207. The average Bonchev–Trinajstić information content (AvgIpc) is 3.49. The van der Waals surface area contributed by atoms with E-state index in [0.717, 1.165) is 4.90 Å². The summed E-state index contributed by atoms with van der Waals surface area (Å²) in [6, 6.07) is 18.8. The van der Waals surface area contributed by atoms with Crippen molar-refractivity contribution in [3.63, 3.8) is 0 Å². The highest BCUT2D eigenvalue weighted by molar-refractivity contribution is 6.39. The standard InChI is InChI=1S/C29H20ClNO7/c1-2-37-28(36)16-13-11-15(12-14-16)23-21-22(27(35)31(26(21)34)20-10-6-5-9-19(20)30)29(38-23)24(32)17-7-3-4-8-18(17)25(29)33/h3-14,21-23H,2H2,1H3/t21-,22-,23-/m1/s1. The number of hydrogen-bond donors (Lipinski definition) is 0. The fourth-order valence-electron chi connectivity index (χ4n) is 5.71. The van der Waals surface area contributed by atoms with E-state index in [1.807, 2.05) is 0 Å². The molecule has 1 aliphatic carbocycles. The van der Waals surface area contributed by atoms with Gasteiger partial charge in [-0.2, -0.15) is 0 Å². The highest BCUT2D eigenvalue weighted by Crippen LogP contribution is 2.58. The van der Waals surface area contributed by atoms with E-state index in [2.05, 4.69) is 0 Å². The molecule has 2 heterocycles. The van der Waals surface area contributed by atoms with Gasteiger partial charge in [0.2, 0.25) is 29.0 Å². The molecule has 3 aromatic rings. The SMILES string of the molecule is CCOC(=O)c1ccc([C@H]2OC3(C(=O)c4ccccc4C3=O)[C@H]3C(=O)N(c4ccccc4Cl)C(=O)[C@@H]23)cc1. The van der Waals surface area contributed by atoms with Crippen LogP contribution >= 0.6 is 11.6 Å². The molecular formula is C29H20ClNO7. The zero-order valence-electron chi connectivity index (χ0n) is 20.1. The van der Waals surface area contributed by atoms with Gasteiger partial charge < -0.3 is 9.47 Å². The first kappa shape index (κ1) is 24.2. The Labute approximate surface area is 222 Å². The molecule has 0 saturated carbocycles. The zero-order chi connectivity index (χ0) is 26.8. The Hall–Kier alpha value is -4.14. The molecule has 0 aromatic heterocycles. The third-order valence-corrected chi connectivity index (χ3v) is 7.68. The molecule has 2 aliphatic heterocycles. The number of ether oxygens (including phenoxy) is 2. The number of para-hydroxylation sites is 1. The number of anilines is 1. The summed E-state index contributed by atoms with van der Waals surface area (Å²) in [5.74, 6) is -5.74. The van der Waals surface area contributed by atoms with Crippen molar-refractivity contribution in [2.75, 3.05) is 11.5 Å². The molecule has 3 aromatic carbocycles. The number of Topliss-reactive ketones (excluding diaryl/α,β-unsaturated/α-hetero) is 2. The molecular weight excluding hydrogens is 510 g/mol. The predicted octanol–water partition coefficient (Wildman–Crippen LogP) is 4.21. The van der Waals surface area contributed by atoms with E-state index in [4.69, 9.17) is 21.1 Å². The molecule has 0 bridgehead atoms. The monoisotopic (exact) mass is 529 g/mol. The first-order valence-electron chi connectivity index (χ1n) is 12.1. The average molecular weight is 530 g/mol.